The fourth-order valence-corrected chi connectivity index (χ4v) is 5.75. The summed E-state index contributed by atoms with van der Waals surface area (Å²) in [6.07, 6.45) is 3.85. The average molecular weight is 544 g/mol. The molecule has 2 aromatic carbocycles. The van der Waals surface area contributed by atoms with E-state index in [9.17, 15) is 9.59 Å². The molecule has 0 N–H and O–H groups in total. The van der Waals surface area contributed by atoms with Gasteiger partial charge in [-0.1, -0.05) is 74.5 Å². The highest BCUT2D eigenvalue weighted by atomic mass is 16.5. The number of likely N-dealkylation sites (tertiary alicyclic amines) is 1. The minimum absolute atomic E-state index is 0.0581. The van der Waals surface area contributed by atoms with Gasteiger partial charge in [0.05, 0.1) is 6.10 Å². The molecule has 0 spiro atoms. The highest BCUT2D eigenvalue weighted by Crippen LogP contribution is 2.30. The number of nitrogens with zero attached hydrogens (tertiary/aromatic N) is 5. The SMILES string of the molecule is CC(C)Cn1c(=O)n(C)c(=O)c2c1nc(CCCN1CCC(OC(c3ccccc3)c3ccccc3)CC1)n2C. The largest absolute Gasteiger partial charge is 0.365 e. The molecule has 212 valence electrons. The predicted octanol–water partition coefficient (Wildman–Crippen LogP) is 4.29. The summed E-state index contributed by atoms with van der Waals surface area (Å²) in [4.78, 5) is 33.0. The van der Waals surface area contributed by atoms with E-state index in [2.05, 4.69) is 67.3 Å². The zero-order valence-electron chi connectivity index (χ0n) is 24.1. The van der Waals surface area contributed by atoms with Gasteiger partial charge in [0.25, 0.3) is 5.56 Å². The highest BCUT2D eigenvalue weighted by molar-refractivity contribution is 5.71. The fourth-order valence-electron chi connectivity index (χ4n) is 5.75. The van der Waals surface area contributed by atoms with Gasteiger partial charge in [0, 0.05) is 40.2 Å². The third-order valence-corrected chi connectivity index (χ3v) is 7.94. The molecule has 5 rings (SSSR count). The molecule has 0 bridgehead atoms. The van der Waals surface area contributed by atoms with E-state index in [0.29, 0.717) is 17.7 Å². The third kappa shape index (κ3) is 5.98. The number of benzene rings is 2. The summed E-state index contributed by atoms with van der Waals surface area (Å²) in [5.41, 5.74) is 2.79. The van der Waals surface area contributed by atoms with Gasteiger partial charge in [-0.2, -0.15) is 0 Å². The first-order valence-corrected chi connectivity index (χ1v) is 14.5. The van der Waals surface area contributed by atoms with E-state index in [0.717, 1.165) is 51.1 Å². The topological polar surface area (TPSA) is 74.3 Å². The molecule has 1 aliphatic heterocycles. The number of ether oxygens (including phenoxy) is 1. The van der Waals surface area contributed by atoms with Gasteiger partial charge in [0.15, 0.2) is 11.2 Å². The number of piperidine rings is 1. The van der Waals surface area contributed by atoms with Crippen molar-refractivity contribution in [2.24, 2.45) is 20.0 Å². The minimum atomic E-state index is -0.303. The van der Waals surface area contributed by atoms with Crippen molar-refractivity contribution < 1.29 is 4.74 Å². The van der Waals surface area contributed by atoms with Gasteiger partial charge in [0.2, 0.25) is 0 Å². The Hall–Kier alpha value is -3.49. The van der Waals surface area contributed by atoms with Crippen LogP contribution in [0.25, 0.3) is 11.2 Å². The molecular weight excluding hydrogens is 502 g/mol. The van der Waals surface area contributed by atoms with Crippen LogP contribution in [0, 0.1) is 5.92 Å². The summed E-state index contributed by atoms with van der Waals surface area (Å²) in [5.74, 6) is 1.12. The maximum absolute atomic E-state index is 12.9. The molecule has 3 heterocycles. The van der Waals surface area contributed by atoms with Gasteiger partial charge in [-0.3, -0.25) is 13.9 Å². The van der Waals surface area contributed by atoms with Gasteiger partial charge in [0.1, 0.15) is 11.9 Å². The van der Waals surface area contributed by atoms with Crippen molar-refractivity contribution in [3.63, 3.8) is 0 Å². The number of aromatic nitrogens is 4. The van der Waals surface area contributed by atoms with Crippen molar-refractivity contribution in [1.82, 2.24) is 23.6 Å². The van der Waals surface area contributed by atoms with Crippen LogP contribution in [0.3, 0.4) is 0 Å². The van der Waals surface area contributed by atoms with Crippen LogP contribution in [0.15, 0.2) is 70.3 Å². The van der Waals surface area contributed by atoms with Gasteiger partial charge < -0.3 is 14.2 Å². The summed E-state index contributed by atoms with van der Waals surface area (Å²) >= 11 is 0. The van der Waals surface area contributed by atoms with E-state index in [4.69, 9.17) is 9.72 Å². The second-order valence-electron chi connectivity index (χ2n) is 11.4. The number of hydrogen-bond acceptors (Lipinski definition) is 5. The van der Waals surface area contributed by atoms with Gasteiger partial charge in [-0.05, 0) is 42.9 Å². The van der Waals surface area contributed by atoms with Crippen LogP contribution in [0.4, 0.5) is 0 Å². The molecule has 0 aliphatic carbocycles. The van der Waals surface area contributed by atoms with Crippen molar-refractivity contribution in [2.75, 3.05) is 19.6 Å². The number of hydrogen-bond donors (Lipinski definition) is 0. The van der Waals surface area contributed by atoms with E-state index in [-0.39, 0.29) is 29.4 Å². The lowest BCUT2D eigenvalue weighted by Crippen LogP contribution is -2.39. The minimum Gasteiger partial charge on any atom is -0.365 e. The monoisotopic (exact) mass is 543 g/mol. The number of imidazole rings is 1. The van der Waals surface area contributed by atoms with E-state index in [1.807, 2.05) is 23.7 Å². The lowest BCUT2D eigenvalue weighted by atomic mass is 10.00. The molecule has 0 saturated carbocycles. The molecule has 4 aromatic rings. The Morgan fingerprint density at radius 3 is 2.08 bits per heavy atom. The second-order valence-corrected chi connectivity index (χ2v) is 11.4. The Balaban J connectivity index is 1.20. The molecular formula is C32H41N5O3. The molecule has 1 saturated heterocycles. The van der Waals surface area contributed by atoms with Crippen LogP contribution in [0.1, 0.15) is 56.2 Å². The standard InChI is InChI=1S/C32H41N5O3/c1-23(2)22-37-30-28(31(38)35(4)32(37)39)34(3)27(33-30)16-11-19-36-20-17-26(18-21-36)40-29(24-12-7-5-8-13-24)25-14-9-6-10-15-25/h5-10,12-15,23,26,29H,11,16-22H2,1-4H3. The van der Waals surface area contributed by atoms with Crippen LogP contribution in [-0.2, 0) is 31.8 Å². The van der Waals surface area contributed by atoms with Crippen LogP contribution in [0.2, 0.25) is 0 Å². The first-order valence-electron chi connectivity index (χ1n) is 14.5. The first-order chi connectivity index (χ1) is 19.3. The highest BCUT2D eigenvalue weighted by Gasteiger charge is 2.25. The Morgan fingerprint density at radius 1 is 0.900 bits per heavy atom. The van der Waals surface area contributed by atoms with Crippen molar-refractivity contribution in [3.05, 3.63) is 98.5 Å². The smallest absolute Gasteiger partial charge is 0.332 e. The first kappa shape index (κ1) is 28.1. The molecule has 2 aromatic heterocycles. The van der Waals surface area contributed by atoms with Crippen molar-refractivity contribution >= 4 is 11.2 Å². The van der Waals surface area contributed by atoms with Crippen LogP contribution in [0.5, 0.6) is 0 Å². The zero-order valence-corrected chi connectivity index (χ0v) is 24.1. The van der Waals surface area contributed by atoms with Crippen molar-refractivity contribution in [1.29, 1.82) is 0 Å². The maximum Gasteiger partial charge on any atom is 0.332 e. The predicted molar refractivity (Wildman–Crippen MR) is 159 cm³/mol. The molecule has 0 radical (unpaired) electrons. The summed E-state index contributed by atoms with van der Waals surface area (Å²) < 4.78 is 11.4. The lowest BCUT2D eigenvalue weighted by Gasteiger charge is -2.34. The molecule has 1 fully saturated rings. The van der Waals surface area contributed by atoms with Crippen LogP contribution < -0.4 is 11.2 Å². The van der Waals surface area contributed by atoms with E-state index in [1.54, 1.807) is 11.6 Å². The zero-order chi connectivity index (χ0) is 28.2. The summed E-state index contributed by atoms with van der Waals surface area (Å²) in [6, 6.07) is 21.0. The Morgan fingerprint density at radius 2 is 1.50 bits per heavy atom. The maximum atomic E-state index is 12.9. The van der Waals surface area contributed by atoms with Gasteiger partial charge in [-0.25, -0.2) is 9.78 Å². The molecule has 8 nitrogen and oxygen atoms in total. The molecule has 40 heavy (non-hydrogen) atoms. The molecule has 0 atom stereocenters. The quantitative estimate of drug-likeness (QED) is 0.298. The fraction of sp³-hybridized carbons (Fsp3) is 0.469. The summed E-state index contributed by atoms with van der Waals surface area (Å²) in [5, 5.41) is 0. The van der Waals surface area contributed by atoms with E-state index >= 15 is 0 Å². The van der Waals surface area contributed by atoms with Crippen LogP contribution >= 0.6 is 0 Å². The Labute approximate surface area is 235 Å². The normalized spacial score (nSPS) is 15.1. The summed E-state index contributed by atoms with van der Waals surface area (Å²) in [7, 11) is 3.43. The van der Waals surface area contributed by atoms with Crippen molar-refractivity contribution in [3.8, 4) is 0 Å². The molecule has 0 amide bonds. The second kappa shape index (κ2) is 12.4. The van der Waals surface area contributed by atoms with E-state index < -0.39 is 0 Å². The lowest BCUT2D eigenvalue weighted by molar-refractivity contribution is -0.0270. The van der Waals surface area contributed by atoms with E-state index in [1.165, 1.54) is 15.7 Å². The van der Waals surface area contributed by atoms with Gasteiger partial charge >= 0.3 is 5.69 Å². The van der Waals surface area contributed by atoms with Crippen LogP contribution in [-0.4, -0.2) is 49.3 Å². The molecule has 1 aliphatic rings. The molecule has 0 unspecified atom stereocenters. The summed E-state index contributed by atoms with van der Waals surface area (Å²) in [6.45, 7) is 7.62. The van der Waals surface area contributed by atoms with Gasteiger partial charge in [-0.15, -0.1) is 0 Å². The van der Waals surface area contributed by atoms with Crippen molar-refractivity contribution in [2.45, 2.75) is 58.3 Å². The molecule has 8 heteroatoms. The number of rotatable bonds is 10. The average Bonchev–Trinajstić information content (AvgIpc) is 3.30. The third-order valence-electron chi connectivity index (χ3n) is 7.94. The Bertz CT molecular complexity index is 1490. The number of aryl methyl sites for hydroxylation is 2. The number of fused-ring (bicyclic) bond motifs is 1. The Kier molecular flexibility index (Phi) is 8.66.